The van der Waals surface area contributed by atoms with Gasteiger partial charge in [0.25, 0.3) is 5.91 Å². The Bertz CT molecular complexity index is 1210. The Morgan fingerprint density at radius 3 is 1.94 bits per heavy atom. The van der Waals surface area contributed by atoms with Crippen molar-refractivity contribution in [2.75, 3.05) is 21.3 Å². The highest BCUT2D eigenvalue weighted by Crippen LogP contribution is 2.44. The van der Waals surface area contributed by atoms with Crippen molar-refractivity contribution < 1.29 is 28.9 Å². The van der Waals surface area contributed by atoms with Crippen molar-refractivity contribution in [3.8, 4) is 11.5 Å². The molecule has 0 saturated heterocycles. The average Bonchev–Trinajstić information content (AvgIpc) is 3.13. The minimum atomic E-state index is -0.560. The van der Waals surface area contributed by atoms with Gasteiger partial charge in [0, 0.05) is 12.1 Å². The molecule has 0 fully saturated rings. The summed E-state index contributed by atoms with van der Waals surface area (Å²) in [7, 11) is 4.49. The first-order valence-corrected chi connectivity index (χ1v) is 10.7. The quantitative estimate of drug-likeness (QED) is 0.522. The van der Waals surface area contributed by atoms with E-state index in [1.165, 1.54) is 7.11 Å². The van der Waals surface area contributed by atoms with Crippen LogP contribution in [-0.2, 0) is 16.1 Å². The Hall–Kier alpha value is -4.26. The Labute approximate surface area is 197 Å². The molecule has 1 atom stereocenters. The summed E-state index contributed by atoms with van der Waals surface area (Å²) in [6.45, 7) is 0.274. The van der Waals surface area contributed by atoms with Gasteiger partial charge in [-0.3, -0.25) is 4.79 Å². The summed E-state index contributed by atoms with van der Waals surface area (Å²) in [5, 5.41) is 10.9. The van der Waals surface area contributed by atoms with Gasteiger partial charge in [-0.25, -0.2) is 4.79 Å². The molecule has 4 rings (SSSR count). The molecule has 1 N–H and O–H groups in total. The zero-order chi connectivity index (χ0) is 24.2. The van der Waals surface area contributed by atoms with Crippen LogP contribution in [-0.4, -0.2) is 43.2 Å². The number of hydrogen-bond donors (Lipinski definition) is 1. The van der Waals surface area contributed by atoms with E-state index in [0.29, 0.717) is 28.2 Å². The SMILES string of the molecule is COC(=O)c1ccc(C2C(c3ccc(OC)cc3)=C(O)C(=O)N2Cc2ccc(OC)cc2)cc1. The zero-order valence-corrected chi connectivity index (χ0v) is 19.1. The fourth-order valence-electron chi connectivity index (χ4n) is 4.08. The molecule has 7 heteroatoms. The van der Waals surface area contributed by atoms with Crippen molar-refractivity contribution in [2.24, 2.45) is 0 Å². The van der Waals surface area contributed by atoms with Crippen LogP contribution in [0.5, 0.6) is 11.5 Å². The van der Waals surface area contributed by atoms with Crippen molar-refractivity contribution >= 4 is 17.4 Å². The molecule has 1 amide bonds. The van der Waals surface area contributed by atoms with Crippen LogP contribution in [0.4, 0.5) is 0 Å². The van der Waals surface area contributed by atoms with E-state index >= 15 is 0 Å². The fourth-order valence-corrected chi connectivity index (χ4v) is 4.08. The summed E-state index contributed by atoms with van der Waals surface area (Å²) in [5.74, 6) is 0.163. The first-order chi connectivity index (χ1) is 16.5. The molecule has 34 heavy (non-hydrogen) atoms. The van der Waals surface area contributed by atoms with Crippen molar-refractivity contribution in [2.45, 2.75) is 12.6 Å². The third kappa shape index (κ3) is 4.32. The highest BCUT2D eigenvalue weighted by Gasteiger charge is 2.41. The van der Waals surface area contributed by atoms with E-state index in [-0.39, 0.29) is 12.3 Å². The first kappa shape index (κ1) is 22.9. The molecule has 1 aliphatic rings. The Kier molecular flexibility index (Phi) is 6.54. The van der Waals surface area contributed by atoms with Gasteiger partial charge in [-0.2, -0.15) is 0 Å². The lowest BCUT2D eigenvalue weighted by molar-refractivity contribution is -0.130. The number of nitrogens with zero attached hydrogens (tertiary/aromatic N) is 1. The molecule has 1 heterocycles. The number of esters is 1. The maximum atomic E-state index is 13.2. The van der Waals surface area contributed by atoms with Gasteiger partial charge in [-0.15, -0.1) is 0 Å². The summed E-state index contributed by atoms with van der Waals surface area (Å²) < 4.78 is 15.3. The number of methoxy groups -OCH3 is 3. The second-order valence-corrected chi connectivity index (χ2v) is 7.79. The van der Waals surface area contributed by atoms with Crippen molar-refractivity contribution in [1.82, 2.24) is 4.90 Å². The molecule has 1 aliphatic heterocycles. The number of benzene rings is 3. The van der Waals surface area contributed by atoms with Crippen LogP contribution in [0.3, 0.4) is 0 Å². The number of rotatable bonds is 7. The molecule has 0 aromatic heterocycles. The molecule has 0 aliphatic carbocycles. The van der Waals surface area contributed by atoms with Crippen LogP contribution in [0.2, 0.25) is 0 Å². The molecule has 0 saturated carbocycles. The number of amides is 1. The summed E-state index contributed by atoms with van der Waals surface area (Å²) in [6, 6.07) is 20.9. The van der Waals surface area contributed by atoms with E-state index < -0.39 is 17.9 Å². The van der Waals surface area contributed by atoms with Gasteiger partial charge in [0.1, 0.15) is 11.5 Å². The van der Waals surface area contributed by atoms with Crippen molar-refractivity contribution in [3.05, 3.63) is 101 Å². The van der Waals surface area contributed by atoms with Crippen molar-refractivity contribution in [3.63, 3.8) is 0 Å². The predicted octanol–water partition coefficient (Wildman–Crippen LogP) is 4.54. The smallest absolute Gasteiger partial charge is 0.337 e. The van der Waals surface area contributed by atoms with Crippen LogP contribution in [0, 0.1) is 0 Å². The standard InChI is InChI=1S/C27H25NO6/c1-32-21-12-4-17(5-13-21)16-28-24(19-6-8-20(9-7-19)27(31)34-3)23(25(29)26(28)30)18-10-14-22(33-2)15-11-18/h4-15,24,29H,16H2,1-3H3. The summed E-state index contributed by atoms with van der Waals surface area (Å²) in [5.41, 5.74) is 3.23. The minimum Gasteiger partial charge on any atom is -0.503 e. The number of carbonyl (C=O) groups is 2. The van der Waals surface area contributed by atoms with E-state index in [1.807, 2.05) is 36.4 Å². The van der Waals surface area contributed by atoms with Gasteiger partial charge >= 0.3 is 5.97 Å². The van der Waals surface area contributed by atoms with Gasteiger partial charge in [0.05, 0.1) is 32.9 Å². The molecule has 3 aromatic carbocycles. The van der Waals surface area contributed by atoms with Gasteiger partial charge in [-0.05, 0) is 53.1 Å². The van der Waals surface area contributed by atoms with Gasteiger partial charge < -0.3 is 24.2 Å². The highest BCUT2D eigenvalue weighted by molar-refractivity contribution is 6.05. The fraction of sp³-hybridized carbons (Fsp3) is 0.185. The van der Waals surface area contributed by atoms with E-state index in [2.05, 4.69) is 0 Å². The molecule has 7 nitrogen and oxygen atoms in total. The van der Waals surface area contributed by atoms with Crippen LogP contribution in [0.15, 0.2) is 78.6 Å². The highest BCUT2D eigenvalue weighted by atomic mass is 16.5. The normalized spacial score (nSPS) is 15.4. The van der Waals surface area contributed by atoms with Crippen LogP contribution in [0.1, 0.15) is 33.1 Å². The largest absolute Gasteiger partial charge is 0.503 e. The zero-order valence-electron chi connectivity index (χ0n) is 19.1. The van der Waals surface area contributed by atoms with E-state index in [0.717, 1.165) is 11.1 Å². The minimum absolute atomic E-state index is 0.274. The third-order valence-electron chi connectivity index (χ3n) is 5.86. The summed E-state index contributed by atoms with van der Waals surface area (Å²) in [4.78, 5) is 26.8. The topological polar surface area (TPSA) is 85.3 Å². The number of carbonyl (C=O) groups excluding carboxylic acids is 2. The predicted molar refractivity (Wildman–Crippen MR) is 127 cm³/mol. The Balaban J connectivity index is 1.76. The molecular weight excluding hydrogens is 434 g/mol. The lowest BCUT2D eigenvalue weighted by atomic mass is 9.92. The molecule has 0 bridgehead atoms. The Morgan fingerprint density at radius 1 is 0.853 bits per heavy atom. The van der Waals surface area contributed by atoms with Gasteiger partial charge in [-0.1, -0.05) is 36.4 Å². The molecule has 0 spiro atoms. The molecule has 174 valence electrons. The lowest BCUT2D eigenvalue weighted by Crippen LogP contribution is -2.29. The average molecular weight is 459 g/mol. The lowest BCUT2D eigenvalue weighted by Gasteiger charge is -2.27. The molecule has 1 unspecified atom stereocenters. The number of aliphatic hydroxyl groups is 1. The second-order valence-electron chi connectivity index (χ2n) is 7.79. The molecule has 3 aromatic rings. The van der Waals surface area contributed by atoms with E-state index in [4.69, 9.17) is 14.2 Å². The third-order valence-corrected chi connectivity index (χ3v) is 5.86. The monoisotopic (exact) mass is 459 g/mol. The van der Waals surface area contributed by atoms with E-state index in [9.17, 15) is 14.7 Å². The summed E-state index contributed by atoms with van der Waals surface area (Å²) in [6.07, 6.45) is 0. The molecule has 0 radical (unpaired) electrons. The maximum Gasteiger partial charge on any atom is 0.337 e. The Morgan fingerprint density at radius 2 is 1.41 bits per heavy atom. The second kappa shape index (κ2) is 9.70. The van der Waals surface area contributed by atoms with Gasteiger partial charge in [0.2, 0.25) is 0 Å². The van der Waals surface area contributed by atoms with Gasteiger partial charge in [0.15, 0.2) is 5.76 Å². The van der Waals surface area contributed by atoms with Crippen molar-refractivity contribution in [1.29, 1.82) is 0 Å². The number of ether oxygens (including phenoxy) is 3. The van der Waals surface area contributed by atoms with Crippen LogP contribution in [0.25, 0.3) is 5.57 Å². The van der Waals surface area contributed by atoms with Crippen LogP contribution < -0.4 is 9.47 Å². The number of aliphatic hydroxyl groups excluding tert-OH is 1. The molecular formula is C27H25NO6. The summed E-state index contributed by atoms with van der Waals surface area (Å²) >= 11 is 0. The van der Waals surface area contributed by atoms with E-state index in [1.54, 1.807) is 55.5 Å². The maximum absolute atomic E-state index is 13.2. The first-order valence-electron chi connectivity index (χ1n) is 10.7. The number of hydrogen-bond acceptors (Lipinski definition) is 6. The van der Waals surface area contributed by atoms with Crippen LogP contribution >= 0.6 is 0 Å².